The minimum absolute atomic E-state index is 0.103. The maximum Gasteiger partial charge on any atom is 0.263 e. The lowest BCUT2D eigenvalue weighted by Gasteiger charge is -2.36. The first-order valence-corrected chi connectivity index (χ1v) is 13.4. The number of thiophene rings is 1. The summed E-state index contributed by atoms with van der Waals surface area (Å²) in [5.74, 6) is 1.52. The molecule has 6 rings (SSSR count). The van der Waals surface area contributed by atoms with Crippen LogP contribution in [0.1, 0.15) is 52.2 Å². The van der Waals surface area contributed by atoms with Crippen molar-refractivity contribution in [3.63, 3.8) is 0 Å². The molecule has 2 aromatic heterocycles. The van der Waals surface area contributed by atoms with Crippen LogP contribution in [0.4, 0.5) is 11.4 Å². The van der Waals surface area contributed by atoms with E-state index in [4.69, 9.17) is 16.2 Å². The van der Waals surface area contributed by atoms with Crippen molar-refractivity contribution in [1.82, 2.24) is 10.3 Å². The summed E-state index contributed by atoms with van der Waals surface area (Å²) in [6, 6.07) is 9.29. The molecule has 5 N–H and O–H groups in total. The Morgan fingerprint density at radius 1 is 1.23 bits per heavy atom. The second-order valence-corrected chi connectivity index (χ2v) is 11.5. The Hall–Kier alpha value is -2.84. The maximum absolute atomic E-state index is 13.1. The Balaban J connectivity index is 1.16. The molecule has 0 bridgehead atoms. The van der Waals surface area contributed by atoms with Gasteiger partial charge in [0.1, 0.15) is 22.1 Å². The minimum Gasteiger partial charge on any atom is -0.491 e. The van der Waals surface area contributed by atoms with Gasteiger partial charge >= 0.3 is 0 Å². The van der Waals surface area contributed by atoms with Crippen molar-refractivity contribution in [2.24, 2.45) is 11.7 Å². The third-order valence-corrected chi connectivity index (χ3v) is 9.09. The average molecular weight is 492 g/mol. The number of nitrogens with one attached hydrogen (secondary N) is 1. The van der Waals surface area contributed by atoms with Gasteiger partial charge in [-0.2, -0.15) is 0 Å². The molecule has 0 spiro atoms. The van der Waals surface area contributed by atoms with E-state index >= 15 is 0 Å². The zero-order valence-electron chi connectivity index (χ0n) is 20.3. The van der Waals surface area contributed by atoms with Gasteiger partial charge in [-0.25, -0.2) is 4.98 Å². The number of aryl methyl sites for hydroxylation is 2. The van der Waals surface area contributed by atoms with Crippen molar-refractivity contribution >= 4 is 38.8 Å². The molecule has 1 saturated carbocycles. The second kappa shape index (κ2) is 8.68. The third-order valence-electron chi connectivity index (χ3n) is 7.99. The molecular formula is C27H33N5O2S. The number of aromatic nitrogens is 1. The van der Waals surface area contributed by atoms with E-state index in [1.807, 2.05) is 19.9 Å². The van der Waals surface area contributed by atoms with Gasteiger partial charge < -0.3 is 26.4 Å². The molecule has 2 fully saturated rings. The van der Waals surface area contributed by atoms with Gasteiger partial charge in [0.15, 0.2) is 0 Å². The number of hydrogen-bond acceptors (Lipinski definition) is 7. The number of rotatable bonds is 3. The molecular weight excluding hydrogens is 458 g/mol. The molecule has 1 aromatic carbocycles. The molecule has 35 heavy (non-hydrogen) atoms. The quantitative estimate of drug-likeness (QED) is 0.513. The van der Waals surface area contributed by atoms with Crippen LogP contribution in [-0.4, -0.2) is 42.2 Å². The van der Waals surface area contributed by atoms with Gasteiger partial charge in [0.2, 0.25) is 0 Å². The van der Waals surface area contributed by atoms with Gasteiger partial charge in [-0.1, -0.05) is 6.07 Å². The highest BCUT2D eigenvalue weighted by Crippen LogP contribution is 2.40. The van der Waals surface area contributed by atoms with Gasteiger partial charge in [-0.3, -0.25) is 4.79 Å². The fraction of sp³-hybridized carbons (Fsp3) is 0.481. The fourth-order valence-corrected chi connectivity index (χ4v) is 7.39. The first kappa shape index (κ1) is 22.6. The van der Waals surface area contributed by atoms with Crippen molar-refractivity contribution in [3.05, 3.63) is 46.0 Å². The van der Waals surface area contributed by atoms with Gasteiger partial charge in [-0.15, -0.1) is 11.3 Å². The molecule has 1 aliphatic carbocycles. The Morgan fingerprint density at radius 3 is 2.94 bits per heavy atom. The average Bonchev–Trinajstić information content (AvgIpc) is 3.39. The summed E-state index contributed by atoms with van der Waals surface area (Å²) in [5, 5.41) is 4.02. The van der Waals surface area contributed by atoms with Gasteiger partial charge in [0, 0.05) is 41.5 Å². The van der Waals surface area contributed by atoms with E-state index in [2.05, 4.69) is 33.4 Å². The zero-order valence-corrected chi connectivity index (χ0v) is 21.2. The van der Waals surface area contributed by atoms with Crippen LogP contribution in [0.15, 0.2) is 24.3 Å². The number of benzene rings is 1. The zero-order chi connectivity index (χ0) is 24.3. The first-order chi connectivity index (χ1) is 16.9. The van der Waals surface area contributed by atoms with Crippen LogP contribution in [0, 0.1) is 19.8 Å². The largest absolute Gasteiger partial charge is 0.491 e. The molecule has 1 amide bonds. The lowest BCUT2D eigenvalue weighted by atomic mass is 9.82. The van der Waals surface area contributed by atoms with E-state index in [0.717, 1.165) is 64.5 Å². The number of amides is 1. The third kappa shape index (κ3) is 4.02. The molecule has 2 aliphatic heterocycles. The molecule has 3 aromatic rings. The van der Waals surface area contributed by atoms with E-state index in [-0.39, 0.29) is 11.9 Å². The molecule has 8 heteroatoms. The molecule has 3 aliphatic rings. The number of fused-ring (bicyclic) bond motifs is 3. The lowest BCUT2D eigenvalue weighted by molar-refractivity contribution is 0.0920. The van der Waals surface area contributed by atoms with Crippen molar-refractivity contribution < 1.29 is 9.53 Å². The number of anilines is 2. The first-order valence-electron chi connectivity index (χ1n) is 12.6. The Bertz CT molecular complexity index is 1300. The highest BCUT2D eigenvalue weighted by atomic mass is 32.1. The summed E-state index contributed by atoms with van der Waals surface area (Å²) in [7, 11) is 0. The highest BCUT2D eigenvalue weighted by Gasteiger charge is 2.38. The number of carbonyl (C=O) groups excluding carboxylic acids is 1. The monoisotopic (exact) mass is 491 g/mol. The number of carbonyl (C=O) groups is 1. The highest BCUT2D eigenvalue weighted by molar-refractivity contribution is 7.21. The van der Waals surface area contributed by atoms with Crippen LogP contribution in [0.2, 0.25) is 0 Å². The summed E-state index contributed by atoms with van der Waals surface area (Å²) in [4.78, 5) is 21.6. The number of ether oxygens (including phenoxy) is 1. The molecule has 7 nitrogen and oxygen atoms in total. The SMILES string of the molecule is Cc1cc(C)c2c(N)c(C(=O)N[C@H]3COc4cc(N5CC[C@H]6CC[C@@H](N)C[C@H]65)ccc4C3)sc2n1. The van der Waals surface area contributed by atoms with Crippen LogP contribution in [0.5, 0.6) is 5.75 Å². The number of nitrogens with two attached hydrogens (primary N) is 2. The molecule has 184 valence electrons. The number of pyridine rings is 1. The molecule has 4 heterocycles. The van der Waals surface area contributed by atoms with Crippen LogP contribution in [-0.2, 0) is 6.42 Å². The van der Waals surface area contributed by atoms with Gasteiger partial charge in [0.05, 0.1) is 11.7 Å². The van der Waals surface area contributed by atoms with E-state index < -0.39 is 0 Å². The van der Waals surface area contributed by atoms with Gasteiger partial charge in [-0.05, 0) is 75.1 Å². The summed E-state index contributed by atoms with van der Waals surface area (Å²) in [6.07, 6.45) is 5.45. The maximum atomic E-state index is 13.1. The van der Waals surface area contributed by atoms with E-state index in [9.17, 15) is 4.79 Å². The van der Waals surface area contributed by atoms with Crippen molar-refractivity contribution in [2.75, 3.05) is 23.8 Å². The number of nitrogens with zero attached hydrogens (tertiary/aromatic N) is 2. The standard InChI is InChI=1S/C27H33N5O2S/c1-14-9-15(2)30-27-23(14)24(29)25(35-27)26(33)31-19-10-17-4-6-20(12-22(17)34-13-19)32-8-7-16-3-5-18(28)11-21(16)32/h4,6,9,12,16,18-19,21H,3,5,7-8,10-11,13,28-29H2,1-2H3,(H,31,33)/t16-,18-,19-,21-/m1/s1. The Labute approximate surface area is 209 Å². The summed E-state index contributed by atoms with van der Waals surface area (Å²) in [5.41, 5.74) is 17.5. The molecule has 4 atom stereocenters. The van der Waals surface area contributed by atoms with Crippen molar-refractivity contribution in [2.45, 2.75) is 64.1 Å². The van der Waals surface area contributed by atoms with E-state index in [1.54, 1.807) is 0 Å². The Kier molecular flexibility index (Phi) is 5.60. The predicted molar refractivity (Wildman–Crippen MR) is 141 cm³/mol. The molecule has 0 radical (unpaired) electrons. The van der Waals surface area contributed by atoms with Crippen LogP contribution >= 0.6 is 11.3 Å². The minimum atomic E-state index is -0.159. The summed E-state index contributed by atoms with van der Waals surface area (Å²) >= 11 is 1.36. The normalized spacial score (nSPS) is 25.7. The van der Waals surface area contributed by atoms with E-state index in [1.165, 1.54) is 29.9 Å². The lowest BCUT2D eigenvalue weighted by Crippen LogP contribution is -2.43. The van der Waals surface area contributed by atoms with Crippen molar-refractivity contribution in [1.29, 1.82) is 0 Å². The fourth-order valence-electron chi connectivity index (χ4n) is 6.27. The number of nitrogen functional groups attached to an aromatic ring is 1. The number of hydrogen-bond donors (Lipinski definition) is 3. The van der Waals surface area contributed by atoms with Crippen LogP contribution in [0.25, 0.3) is 10.2 Å². The predicted octanol–water partition coefficient (Wildman–Crippen LogP) is 3.93. The van der Waals surface area contributed by atoms with Gasteiger partial charge in [0.25, 0.3) is 5.91 Å². The molecule has 0 unspecified atom stereocenters. The topological polar surface area (TPSA) is 106 Å². The summed E-state index contributed by atoms with van der Waals surface area (Å²) in [6.45, 7) is 5.49. The smallest absolute Gasteiger partial charge is 0.263 e. The van der Waals surface area contributed by atoms with Crippen LogP contribution < -0.4 is 26.4 Å². The summed E-state index contributed by atoms with van der Waals surface area (Å²) < 4.78 is 6.15. The second-order valence-electron chi connectivity index (χ2n) is 10.5. The van der Waals surface area contributed by atoms with E-state index in [0.29, 0.717) is 29.3 Å². The molecule has 1 saturated heterocycles. The van der Waals surface area contributed by atoms with Crippen molar-refractivity contribution in [3.8, 4) is 5.75 Å². The van der Waals surface area contributed by atoms with Crippen LogP contribution in [0.3, 0.4) is 0 Å². The Morgan fingerprint density at radius 2 is 2.09 bits per heavy atom.